The average molecular weight is 383 g/mol. The fraction of sp³-hybridized carbons (Fsp3) is 0.409. The molecule has 1 atom stereocenters. The third-order valence-electron chi connectivity index (χ3n) is 4.67. The fourth-order valence-corrected chi connectivity index (χ4v) is 3.25. The number of hydrogen-bond acceptors (Lipinski definition) is 4. The SMILES string of the molecule is CCNC(=NCC1Cc2ccccc2O1)NCCc1ccc(OC)c(OC)c1. The second-order valence-corrected chi connectivity index (χ2v) is 6.64. The summed E-state index contributed by atoms with van der Waals surface area (Å²) in [4.78, 5) is 4.70. The molecule has 0 spiro atoms. The number of hydrogen-bond donors (Lipinski definition) is 2. The second kappa shape index (κ2) is 9.88. The third kappa shape index (κ3) is 5.09. The van der Waals surface area contributed by atoms with E-state index in [9.17, 15) is 0 Å². The number of methoxy groups -OCH3 is 2. The molecule has 0 amide bonds. The predicted molar refractivity (Wildman–Crippen MR) is 112 cm³/mol. The maximum Gasteiger partial charge on any atom is 0.191 e. The minimum atomic E-state index is 0.0960. The van der Waals surface area contributed by atoms with Gasteiger partial charge in [-0.2, -0.15) is 0 Å². The highest BCUT2D eigenvalue weighted by atomic mass is 16.5. The first kappa shape index (κ1) is 19.9. The van der Waals surface area contributed by atoms with E-state index in [0.29, 0.717) is 6.54 Å². The molecule has 2 N–H and O–H groups in total. The minimum Gasteiger partial charge on any atom is -0.493 e. The smallest absolute Gasteiger partial charge is 0.191 e. The molecule has 1 aliphatic rings. The summed E-state index contributed by atoms with van der Waals surface area (Å²) in [6.45, 7) is 4.27. The third-order valence-corrected chi connectivity index (χ3v) is 4.67. The standard InChI is InChI=1S/C22H29N3O3/c1-4-23-22(25-15-18-14-17-7-5-6-8-19(17)28-18)24-12-11-16-9-10-20(26-2)21(13-16)27-3/h5-10,13,18H,4,11-12,14-15H2,1-3H3,(H2,23,24,25). The molecule has 0 saturated heterocycles. The Hall–Kier alpha value is -2.89. The number of aliphatic imine (C=N–C) groups is 1. The predicted octanol–water partition coefficient (Wildman–Crippen LogP) is 2.81. The Labute approximate surface area is 166 Å². The molecule has 150 valence electrons. The van der Waals surface area contributed by atoms with Gasteiger partial charge >= 0.3 is 0 Å². The van der Waals surface area contributed by atoms with Crippen molar-refractivity contribution in [3.05, 3.63) is 53.6 Å². The van der Waals surface area contributed by atoms with Gasteiger partial charge in [0.2, 0.25) is 0 Å². The summed E-state index contributed by atoms with van der Waals surface area (Å²) in [5.41, 5.74) is 2.43. The minimum absolute atomic E-state index is 0.0960. The van der Waals surface area contributed by atoms with Crippen molar-refractivity contribution in [1.82, 2.24) is 10.6 Å². The number of nitrogens with one attached hydrogen (secondary N) is 2. The molecule has 0 fully saturated rings. The van der Waals surface area contributed by atoms with Gasteiger partial charge in [-0.3, -0.25) is 0 Å². The van der Waals surface area contributed by atoms with E-state index in [-0.39, 0.29) is 6.10 Å². The van der Waals surface area contributed by atoms with Gasteiger partial charge in [0.25, 0.3) is 0 Å². The first-order valence-corrected chi connectivity index (χ1v) is 9.71. The molecule has 0 aromatic heterocycles. The van der Waals surface area contributed by atoms with Crippen molar-refractivity contribution in [3.63, 3.8) is 0 Å². The van der Waals surface area contributed by atoms with Crippen LogP contribution in [0, 0.1) is 0 Å². The van der Waals surface area contributed by atoms with E-state index in [0.717, 1.165) is 49.1 Å². The molecule has 3 rings (SSSR count). The van der Waals surface area contributed by atoms with Crippen LogP contribution in [0.25, 0.3) is 0 Å². The summed E-state index contributed by atoms with van der Waals surface area (Å²) in [7, 11) is 3.30. The van der Waals surface area contributed by atoms with E-state index >= 15 is 0 Å². The Balaban J connectivity index is 1.51. The van der Waals surface area contributed by atoms with Crippen LogP contribution in [0.2, 0.25) is 0 Å². The zero-order chi connectivity index (χ0) is 19.8. The van der Waals surface area contributed by atoms with Gasteiger partial charge in [0.15, 0.2) is 17.5 Å². The van der Waals surface area contributed by atoms with E-state index in [1.54, 1.807) is 14.2 Å². The number of ether oxygens (including phenoxy) is 3. The largest absolute Gasteiger partial charge is 0.493 e. The summed E-state index contributed by atoms with van der Waals surface area (Å²) in [5.74, 6) is 3.28. The van der Waals surface area contributed by atoms with Crippen LogP contribution in [-0.4, -0.2) is 45.9 Å². The van der Waals surface area contributed by atoms with Gasteiger partial charge in [0, 0.05) is 19.5 Å². The van der Waals surface area contributed by atoms with Crippen LogP contribution < -0.4 is 24.8 Å². The maximum absolute atomic E-state index is 5.97. The van der Waals surface area contributed by atoms with Crippen LogP contribution in [0.5, 0.6) is 17.2 Å². The van der Waals surface area contributed by atoms with E-state index in [1.165, 1.54) is 11.1 Å². The van der Waals surface area contributed by atoms with Gasteiger partial charge in [0.05, 0.1) is 20.8 Å². The molecule has 1 heterocycles. The number of para-hydroxylation sites is 1. The van der Waals surface area contributed by atoms with Crippen LogP contribution in [-0.2, 0) is 12.8 Å². The lowest BCUT2D eigenvalue weighted by Gasteiger charge is -2.14. The molecular weight excluding hydrogens is 354 g/mol. The van der Waals surface area contributed by atoms with Gasteiger partial charge in [-0.15, -0.1) is 0 Å². The van der Waals surface area contributed by atoms with Crippen LogP contribution in [0.3, 0.4) is 0 Å². The van der Waals surface area contributed by atoms with Crippen LogP contribution >= 0.6 is 0 Å². The van der Waals surface area contributed by atoms with Gasteiger partial charge in [-0.25, -0.2) is 4.99 Å². The van der Waals surface area contributed by atoms with Crippen molar-refractivity contribution >= 4 is 5.96 Å². The Morgan fingerprint density at radius 3 is 2.68 bits per heavy atom. The van der Waals surface area contributed by atoms with Gasteiger partial charge in [0.1, 0.15) is 11.9 Å². The lowest BCUT2D eigenvalue weighted by atomic mass is 10.1. The molecule has 1 unspecified atom stereocenters. The summed E-state index contributed by atoms with van der Waals surface area (Å²) < 4.78 is 16.6. The Bertz CT molecular complexity index is 782. The number of nitrogens with zero attached hydrogens (tertiary/aromatic N) is 1. The van der Waals surface area contributed by atoms with E-state index in [4.69, 9.17) is 19.2 Å². The van der Waals surface area contributed by atoms with Crippen LogP contribution in [0.1, 0.15) is 18.1 Å². The molecule has 1 aliphatic heterocycles. The molecule has 0 radical (unpaired) electrons. The Morgan fingerprint density at radius 1 is 1.11 bits per heavy atom. The van der Waals surface area contributed by atoms with Gasteiger partial charge in [-0.05, 0) is 42.7 Å². The van der Waals surface area contributed by atoms with E-state index in [2.05, 4.69) is 29.7 Å². The number of rotatable bonds is 8. The van der Waals surface area contributed by atoms with Crippen LogP contribution in [0.4, 0.5) is 0 Å². The number of fused-ring (bicyclic) bond motifs is 1. The molecule has 28 heavy (non-hydrogen) atoms. The molecule has 0 aliphatic carbocycles. The van der Waals surface area contributed by atoms with Crippen molar-refractivity contribution in [2.24, 2.45) is 4.99 Å². The lowest BCUT2D eigenvalue weighted by Crippen LogP contribution is -2.39. The quantitative estimate of drug-likeness (QED) is 0.542. The number of guanidine groups is 1. The zero-order valence-corrected chi connectivity index (χ0v) is 16.8. The van der Waals surface area contributed by atoms with Crippen molar-refractivity contribution in [2.45, 2.75) is 25.9 Å². The molecule has 0 saturated carbocycles. The molecule has 2 aromatic rings. The molecular formula is C22H29N3O3. The van der Waals surface area contributed by atoms with E-state index in [1.807, 2.05) is 30.3 Å². The first-order chi connectivity index (χ1) is 13.7. The van der Waals surface area contributed by atoms with Crippen molar-refractivity contribution < 1.29 is 14.2 Å². The van der Waals surface area contributed by atoms with Gasteiger partial charge in [-0.1, -0.05) is 24.3 Å². The molecule has 6 heteroatoms. The number of benzene rings is 2. The summed E-state index contributed by atoms with van der Waals surface area (Å²) in [5, 5.41) is 6.69. The highest BCUT2D eigenvalue weighted by Crippen LogP contribution is 2.28. The van der Waals surface area contributed by atoms with Gasteiger partial charge < -0.3 is 24.8 Å². The first-order valence-electron chi connectivity index (χ1n) is 9.71. The molecule has 2 aromatic carbocycles. The van der Waals surface area contributed by atoms with Crippen molar-refractivity contribution in [3.8, 4) is 17.2 Å². The second-order valence-electron chi connectivity index (χ2n) is 6.64. The summed E-state index contributed by atoms with van der Waals surface area (Å²) in [6.07, 6.45) is 1.86. The topological polar surface area (TPSA) is 64.1 Å². The summed E-state index contributed by atoms with van der Waals surface area (Å²) >= 11 is 0. The lowest BCUT2D eigenvalue weighted by molar-refractivity contribution is 0.241. The van der Waals surface area contributed by atoms with Crippen molar-refractivity contribution in [2.75, 3.05) is 33.9 Å². The highest BCUT2D eigenvalue weighted by Gasteiger charge is 2.21. The monoisotopic (exact) mass is 383 g/mol. The normalized spacial score (nSPS) is 15.5. The average Bonchev–Trinajstić information content (AvgIpc) is 3.15. The fourth-order valence-electron chi connectivity index (χ4n) is 3.25. The van der Waals surface area contributed by atoms with Crippen LogP contribution in [0.15, 0.2) is 47.5 Å². The zero-order valence-electron chi connectivity index (χ0n) is 16.8. The highest BCUT2D eigenvalue weighted by molar-refractivity contribution is 5.79. The Kier molecular flexibility index (Phi) is 7.00. The maximum atomic E-state index is 5.97. The summed E-state index contributed by atoms with van der Waals surface area (Å²) in [6, 6.07) is 14.2. The van der Waals surface area contributed by atoms with E-state index < -0.39 is 0 Å². The molecule has 0 bridgehead atoms. The molecule has 6 nitrogen and oxygen atoms in total. The Morgan fingerprint density at radius 2 is 1.93 bits per heavy atom. The van der Waals surface area contributed by atoms with Crippen molar-refractivity contribution in [1.29, 1.82) is 0 Å².